The van der Waals surface area contributed by atoms with Crippen LogP contribution in [0.4, 0.5) is 4.39 Å². The molecule has 4 rings (SSSR count). The van der Waals surface area contributed by atoms with Gasteiger partial charge in [0.1, 0.15) is 5.82 Å². The van der Waals surface area contributed by atoms with Crippen molar-refractivity contribution in [2.75, 3.05) is 19.6 Å². The van der Waals surface area contributed by atoms with Gasteiger partial charge in [-0.2, -0.15) is 0 Å². The van der Waals surface area contributed by atoms with Gasteiger partial charge in [-0.1, -0.05) is 35.3 Å². The number of benzene rings is 2. The van der Waals surface area contributed by atoms with E-state index in [1.807, 2.05) is 12.1 Å². The van der Waals surface area contributed by atoms with Crippen LogP contribution in [-0.2, 0) is 6.54 Å². The zero-order valence-corrected chi connectivity index (χ0v) is 16.4. The number of likely N-dealkylation sites (tertiary alicyclic amines) is 1. The summed E-state index contributed by atoms with van der Waals surface area (Å²) in [6.45, 7) is 3.81. The van der Waals surface area contributed by atoms with E-state index in [0.29, 0.717) is 17.9 Å². The molecule has 1 amide bonds. The summed E-state index contributed by atoms with van der Waals surface area (Å²) in [6.07, 6.45) is 2.27. The lowest BCUT2D eigenvalue weighted by Gasteiger charge is -2.59. The molecule has 3 nitrogen and oxygen atoms in total. The van der Waals surface area contributed by atoms with Crippen LogP contribution in [0.15, 0.2) is 42.5 Å². The third-order valence-electron chi connectivity index (χ3n) is 5.56. The van der Waals surface area contributed by atoms with Crippen LogP contribution < -0.4 is 5.32 Å². The van der Waals surface area contributed by atoms with Crippen molar-refractivity contribution in [2.45, 2.75) is 19.4 Å². The van der Waals surface area contributed by atoms with Gasteiger partial charge in [0.15, 0.2) is 0 Å². The number of rotatable bonds is 5. The van der Waals surface area contributed by atoms with E-state index >= 15 is 0 Å². The number of carbonyl (C=O) groups excluding carboxylic acids is 1. The Labute approximate surface area is 168 Å². The largest absolute Gasteiger partial charge is 0.352 e. The molecule has 0 aromatic heterocycles. The van der Waals surface area contributed by atoms with Crippen molar-refractivity contribution in [2.24, 2.45) is 11.3 Å². The van der Waals surface area contributed by atoms with E-state index in [4.69, 9.17) is 23.2 Å². The first-order chi connectivity index (χ1) is 12.9. The molecular formula is C21H21Cl2FN2O. The molecule has 27 heavy (non-hydrogen) atoms. The molecule has 0 bridgehead atoms. The molecule has 1 N–H and O–H groups in total. The standard InChI is InChI=1S/C21H21Cl2FN2O/c22-17-3-1-14(2-4-17)11-26-12-21(13-26)8-15(9-21)10-25-20(27)16-5-18(23)7-19(24)6-16/h1-7,15H,8-13H2,(H,25,27). The van der Waals surface area contributed by atoms with Gasteiger partial charge in [-0.3, -0.25) is 9.69 Å². The molecule has 2 aromatic rings. The SMILES string of the molecule is O=C(NCC1CC2(C1)CN(Cc1ccc(Cl)cc1)C2)c1cc(F)cc(Cl)c1. The van der Waals surface area contributed by atoms with Crippen LogP contribution in [-0.4, -0.2) is 30.4 Å². The Morgan fingerprint density at radius 3 is 2.48 bits per heavy atom. The van der Waals surface area contributed by atoms with Gasteiger partial charge < -0.3 is 5.32 Å². The van der Waals surface area contributed by atoms with Crippen molar-refractivity contribution in [1.29, 1.82) is 0 Å². The molecule has 0 atom stereocenters. The molecule has 1 aliphatic heterocycles. The molecule has 1 saturated carbocycles. The maximum atomic E-state index is 13.4. The van der Waals surface area contributed by atoms with Crippen LogP contribution in [0.2, 0.25) is 10.0 Å². The van der Waals surface area contributed by atoms with Crippen molar-refractivity contribution in [3.05, 3.63) is 69.5 Å². The summed E-state index contributed by atoms with van der Waals surface area (Å²) in [4.78, 5) is 14.6. The Morgan fingerprint density at radius 2 is 1.81 bits per heavy atom. The molecule has 0 unspecified atom stereocenters. The van der Waals surface area contributed by atoms with Gasteiger partial charge in [0.25, 0.3) is 5.91 Å². The molecule has 1 saturated heterocycles. The normalized spacial score (nSPS) is 18.8. The van der Waals surface area contributed by atoms with E-state index in [1.54, 1.807) is 0 Å². The molecule has 6 heteroatoms. The molecule has 1 aliphatic carbocycles. The zero-order chi connectivity index (χ0) is 19.0. The summed E-state index contributed by atoms with van der Waals surface area (Å²) in [5, 5.41) is 3.91. The number of nitrogens with zero attached hydrogens (tertiary/aromatic N) is 1. The van der Waals surface area contributed by atoms with E-state index < -0.39 is 5.82 Å². The Kier molecular flexibility index (Phi) is 5.15. The lowest BCUT2D eigenvalue weighted by atomic mass is 9.57. The number of halogens is 3. The number of hydrogen-bond acceptors (Lipinski definition) is 2. The molecular weight excluding hydrogens is 386 g/mol. The Balaban J connectivity index is 1.19. The van der Waals surface area contributed by atoms with Crippen molar-refractivity contribution >= 4 is 29.1 Å². The summed E-state index contributed by atoms with van der Waals surface area (Å²) in [5.74, 6) is -0.267. The van der Waals surface area contributed by atoms with E-state index in [9.17, 15) is 9.18 Å². The van der Waals surface area contributed by atoms with Crippen LogP contribution in [0.3, 0.4) is 0 Å². The molecule has 2 fully saturated rings. The van der Waals surface area contributed by atoms with Crippen LogP contribution in [0.25, 0.3) is 0 Å². The maximum Gasteiger partial charge on any atom is 0.251 e. The van der Waals surface area contributed by atoms with Gasteiger partial charge in [0, 0.05) is 41.8 Å². The highest BCUT2D eigenvalue weighted by molar-refractivity contribution is 6.31. The second-order valence-corrected chi connectivity index (χ2v) is 8.79. The van der Waals surface area contributed by atoms with Crippen molar-refractivity contribution in [3.8, 4) is 0 Å². The molecule has 1 spiro atoms. The fourth-order valence-corrected chi connectivity index (χ4v) is 4.80. The average Bonchev–Trinajstić information content (AvgIpc) is 2.55. The summed E-state index contributed by atoms with van der Waals surface area (Å²) in [6, 6.07) is 11.9. The average molecular weight is 407 g/mol. The van der Waals surface area contributed by atoms with E-state index in [1.165, 1.54) is 23.8 Å². The van der Waals surface area contributed by atoms with Crippen molar-refractivity contribution < 1.29 is 9.18 Å². The van der Waals surface area contributed by atoms with Crippen LogP contribution in [0, 0.1) is 17.2 Å². The van der Waals surface area contributed by atoms with E-state index in [-0.39, 0.29) is 16.5 Å². The number of amides is 1. The predicted molar refractivity (Wildman–Crippen MR) is 106 cm³/mol. The molecule has 1 heterocycles. The number of hydrogen-bond donors (Lipinski definition) is 1. The highest BCUT2D eigenvalue weighted by Gasteiger charge is 2.51. The first-order valence-corrected chi connectivity index (χ1v) is 9.88. The van der Waals surface area contributed by atoms with Crippen LogP contribution in [0.5, 0.6) is 0 Å². The summed E-state index contributed by atoms with van der Waals surface area (Å²) < 4.78 is 13.4. The lowest BCUT2D eigenvalue weighted by Crippen LogP contribution is -2.62. The zero-order valence-electron chi connectivity index (χ0n) is 14.9. The molecule has 2 aromatic carbocycles. The second kappa shape index (κ2) is 7.42. The fraction of sp³-hybridized carbons (Fsp3) is 0.381. The summed E-state index contributed by atoms with van der Waals surface area (Å²) >= 11 is 11.7. The lowest BCUT2D eigenvalue weighted by molar-refractivity contribution is -0.0967. The molecule has 2 aliphatic rings. The minimum absolute atomic E-state index is 0.234. The van der Waals surface area contributed by atoms with Crippen molar-refractivity contribution in [3.63, 3.8) is 0 Å². The van der Waals surface area contributed by atoms with Crippen molar-refractivity contribution in [1.82, 2.24) is 10.2 Å². The Morgan fingerprint density at radius 1 is 1.11 bits per heavy atom. The quantitative estimate of drug-likeness (QED) is 0.774. The number of carbonyl (C=O) groups is 1. The summed E-state index contributed by atoms with van der Waals surface area (Å²) in [5.41, 5.74) is 1.97. The predicted octanol–water partition coefficient (Wildman–Crippen LogP) is 4.77. The van der Waals surface area contributed by atoms with Crippen LogP contribution in [0.1, 0.15) is 28.8 Å². The highest BCUT2D eigenvalue weighted by Crippen LogP contribution is 2.51. The summed E-state index contributed by atoms with van der Waals surface area (Å²) in [7, 11) is 0. The molecule has 0 radical (unpaired) electrons. The third-order valence-corrected chi connectivity index (χ3v) is 6.03. The minimum atomic E-state index is -0.495. The first-order valence-electron chi connectivity index (χ1n) is 9.12. The van der Waals surface area contributed by atoms with E-state index in [0.717, 1.165) is 37.5 Å². The first kappa shape index (κ1) is 18.7. The second-order valence-electron chi connectivity index (χ2n) is 7.91. The van der Waals surface area contributed by atoms with E-state index in [2.05, 4.69) is 22.3 Å². The smallest absolute Gasteiger partial charge is 0.251 e. The fourth-order valence-electron chi connectivity index (χ4n) is 4.45. The highest BCUT2D eigenvalue weighted by atomic mass is 35.5. The van der Waals surface area contributed by atoms with Crippen LogP contribution >= 0.6 is 23.2 Å². The Hall–Kier alpha value is -1.62. The van der Waals surface area contributed by atoms with Gasteiger partial charge in [0.2, 0.25) is 0 Å². The van der Waals surface area contributed by atoms with Gasteiger partial charge in [-0.05, 0) is 60.1 Å². The van der Waals surface area contributed by atoms with Gasteiger partial charge >= 0.3 is 0 Å². The Bertz CT molecular complexity index is 822. The molecule has 142 valence electrons. The van der Waals surface area contributed by atoms with Gasteiger partial charge in [-0.25, -0.2) is 4.39 Å². The monoisotopic (exact) mass is 406 g/mol. The third kappa shape index (κ3) is 4.29. The maximum absolute atomic E-state index is 13.4. The topological polar surface area (TPSA) is 32.3 Å². The van der Waals surface area contributed by atoms with Gasteiger partial charge in [0.05, 0.1) is 0 Å². The minimum Gasteiger partial charge on any atom is -0.352 e. The number of nitrogens with one attached hydrogen (secondary N) is 1. The van der Waals surface area contributed by atoms with Gasteiger partial charge in [-0.15, -0.1) is 0 Å².